The number of hydrogen-bond acceptors (Lipinski definition) is 4. The standard InChI is InChI=1S/C20H33NO3/c1-5-7-8-9-10-15-21-16-17-11-13-18(14-12-17)24-20(3,4)19(22)23-6-2/h11-14,21H,5-10,15-16H2,1-4H3. The van der Waals surface area contributed by atoms with Gasteiger partial charge in [0, 0.05) is 6.54 Å². The van der Waals surface area contributed by atoms with Crippen LogP contribution in [0.3, 0.4) is 0 Å². The third-order valence-corrected chi connectivity index (χ3v) is 3.85. The van der Waals surface area contributed by atoms with Crippen molar-refractivity contribution in [2.24, 2.45) is 0 Å². The van der Waals surface area contributed by atoms with Crippen LogP contribution in [0.25, 0.3) is 0 Å². The van der Waals surface area contributed by atoms with Gasteiger partial charge in [0.05, 0.1) is 6.61 Å². The van der Waals surface area contributed by atoms with Gasteiger partial charge in [0.2, 0.25) is 0 Å². The third kappa shape index (κ3) is 7.82. The highest BCUT2D eigenvalue weighted by Crippen LogP contribution is 2.20. The van der Waals surface area contributed by atoms with Gasteiger partial charge >= 0.3 is 5.97 Å². The van der Waals surface area contributed by atoms with Crippen molar-refractivity contribution in [3.05, 3.63) is 29.8 Å². The Balaban J connectivity index is 2.34. The average molecular weight is 335 g/mol. The van der Waals surface area contributed by atoms with E-state index in [1.165, 1.54) is 37.7 Å². The number of rotatable bonds is 12. The molecule has 0 aliphatic rings. The SMILES string of the molecule is CCCCCCCNCc1ccc(OC(C)(C)C(=O)OCC)cc1. The van der Waals surface area contributed by atoms with E-state index in [-0.39, 0.29) is 5.97 Å². The number of carbonyl (C=O) groups excluding carboxylic acids is 1. The molecule has 4 nitrogen and oxygen atoms in total. The predicted molar refractivity (Wildman–Crippen MR) is 98.2 cm³/mol. The maximum absolute atomic E-state index is 11.8. The Hall–Kier alpha value is -1.55. The molecule has 0 fully saturated rings. The molecule has 0 aliphatic carbocycles. The molecule has 0 amide bonds. The average Bonchev–Trinajstić information content (AvgIpc) is 2.55. The van der Waals surface area contributed by atoms with Crippen LogP contribution < -0.4 is 10.1 Å². The summed E-state index contributed by atoms with van der Waals surface area (Å²) in [7, 11) is 0. The zero-order valence-corrected chi connectivity index (χ0v) is 15.7. The Morgan fingerprint density at radius 2 is 1.71 bits per heavy atom. The Labute approximate surface area is 146 Å². The first kappa shape index (κ1) is 20.5. The molecule has 4 heteroatoms. The van der Waals surface area contributed by atoms with Crippen molar-refractivity contribution in [3.63, 3.8) is 0 Å². The number of carbonyl (C=O) groups is 1. The maximum atomic E-state index is 11.8. The quantitative estimate of drug-likeness (QED) is 0.452. The summed E-state index contributed by atoms with van der Waals surface area (Å²) in [6, 6.07) is 7.86. The number of benzene rings is 1. The molecule has 0 aliphatic heterocycles. The van der Waals surface area contributed by atoms with Gasteiger partial charge < -0.3 is 14.8 Å². The highest BCUT2D eigenvalue weighted by molar-refractivity contribution is 5.79. The summed E-state index contributed by atoms with van der Waals surface area (Å²) >= 11 is 0. The molecule has 0 saturated heterocycles. The monoisotopic (exact) mass is 335 g/mol. The largest absolute Gasteiger partial charge is 0.476 e. The van der Waals surface area contributed by atoms with Crippen LogP contribution in [-0.4, -0.2) is 24.7 Å². The van der Waals surface area contributed by atoms with Crippen molar-refractivity contribution in [1.29, 1.82) is 0 Å². The summed E-state index contributed by atoms with van der Waals surface area (Å²) in [5, 5.41) is 3.47. The van der Waals surface area contributed by atoms with Crippen molar-refractivity contribution < 1.29 is 14.3 Å². The van der Waals surface area contributed by atoms with Crippen molar-refractivity contribution in [2.45, 2.75) is 71.9 Å². The summed E-state index contributed by atoms with van der Waals surface area (Å²) < 4.78 is 10.8. The van der Waals surface area contributed by atoms with E-state index < -0.39 is 5.60 Å². The fourth-order valence-electron chi connectivity index (χ4n) is 2.40. The van der Waals surface area contributed by atoms with E-state index in [4.69, 9.17) is 9.47 Å². The van der Waals surface area contributed by atoms with Gasteiger partial charge in [-0.2, -0.15) is 0 Å². The fraction of sp³-hybridized carbons (Fsp3) is 0.650. The zero-order chi connectivity index (χ0) is 17.8. The van der Waals surface area contributed by atoms with Crippen LogP contribution in [0.1, 0.15) is 65.4 Å². The van der Waals surface area contributed by atoms with Gasteiger partial charge in [-0.1, -0.05) is 44.7 Å². The van der Waals surface area contributed by atoms with Crippen LogP contribution in [0, 0.1) is 0 Å². The second-order valence-electron chi connectivity index (χ2n) is 6.57. The minimum Gasteiger partial charge on any atom is -0.476 e. The first-order valence-corrected chi connectivity index (χ1v) is 9.15. The van der Waals surface area contributed by atoms with Crippen molar-refractivity contribution in [1.82, 2.24) is 5.32 Å². The van der Waals surface area contributed by atoms with Crippen LogP contribution in [0.5, 0.6) is 5.75 Å². The Bertz CT molecular complexity index is 468. The van der Waals surface area contributed by atoms with Crippen LogP contribution >= 0.6 is 0 Å². The topological polar surface area (TPSA) is 47.6 Å². The smallest absolute Gasteiger partial charge is 0.349 e. The van der Waals surface area contributed by atoms with Gasteiger partial charge in [-0.3, -0.25) is 0 Å². The van der Waals surface area contributed by atoms with Crippen LogP contribution in [0.2, 0.25) is 0 Å². The molecule has 136 valence electrons. The van der Waals surface area contributed by atoms with E-state index in [2.05, 4.69) is 12.2 Å². The number of nitrogens with one attached hydrogen (secondary N) is 1. The lowest BCUT2D eigenvalue weighted by Crippen LogP contribution is -2.39. The van der Waals surface area contributed by atoms with E-state index in [1.807, 2.05) is 24.3 Å². The maximum Gasteiger partial charge on any atom is 0.349 e. The number of hydrogen-bond donors (Lipinski definition) is 1. The molecule has 24 heavy (non-hydrogen) atoms. The lowest BCUT2D eigenvalue weighted by molar-refractivity contribution is -0.158. The molecule has 1 rings (SSSR count). The van der Waals surface area contributed by atoms with E-state index in [0.717, 1.165) is 13.1 Å². The fourth-order valence-corrected chi connectivity index (χ4v) is 2.40. The minimum atomic E-state index is -0.978. The first-order valence-electron chi connectivity index (χ1n) is 9.15. The lowest BCUT2D eigenvalue weighted by Gasteiger charge is -2.24. The summed E-state index contributed by atoms with van der Waals surface area (Å²) in [6.45, 7) is 9.74. The minimum absolute atomic E-state index is 0.348. The van der Waals surface area contributed by atoms with Gasteiger partial charge in [-0.15, -0.1) is 0 Å². The van der Waals surface area contributed by atoms with Crippen LogP contribution in [-0.2, 0) is 16.1 Å². The van der Waals surface area contributed by atoms with Gasteiger partial charge in [0.25, 0.3) is 0 Å². The van der Waals surface area contributed by atoms with E-state index in [9.17, 15) is 4.79 Å². The van der Waals surface area contributed by atoms with Gasteiger partial charge in [0.15, 0.2) is 5.60 Å². The highest BCUT2D eigenvalue weighted by atomic mass is 16.6. The Morgan fingerprint density at radius 3 is 2.33 bits per heavy atom. The van der Waals surface area contributed by atoms with Gasteiger partial charge in [0.1, 0.15) is 5.75 Å². The Morgan fingerprint density at radius 1 is 1.04 bits per heavy atom. The van der Waals surface area contributed by atoms with Gasteiger partial charge in [-0.25, -0.2) is 4.79 Å². The molecule has 0 unspecified atom stereocenters. The predicted octanol–water partition coefficient (Wildman–Crippen LogP) is 4.47. The molecule has 0 spiro atoms. The molecule has 0 radical (unpaired) electrons. The summed E-state index contributed by atoms with van der Waals surface area (Å²) in [6.07, 6.45) is 6.49. The molecule has 1 aromatic rings. The van der Waals surface area contributed by atoms with E-state index in [1.54, 1.807) is 20.8 Å². The second kappa shape index (κ2) is 11.1. The number of ether oxygens (including phenoxy) is 2. The molecular formula is C20H33NO3. The summed E-state index contributed by atoms with van der Waals surface area (Å²) in [4.78, 5) is 11.8. The van der Waals surface area contributed by atoms with Gasteiger partial charge in [-0.05, 0) is 51.4 Å². The van der Waals surface area contributed by atoms with E-state index >= 15 is 0 Å². The molecule has 0 heterocycles. The molecular weight excluding hydrogens is 302 g/mol. The molecule has 0 aromatic heterocycles. The molecule has 0 saturated carbocycles. The zero-order valence-electron chi connectivity index (χ0n) is 15.7. The normalized spacial score (nSPS) is 11.3. The van der Waals surface area contributed by atoms with Crippen LogP contribution in [0.4, 0.5) is 0 Å². The number of unbranched alkanes of at least 4 members (excludes halogenated alkanes) is 4. The lowest BCUT2D eigenvalue weighted by atomic mass is 10.1. The summed E-state index contributed by atoms with van der Waals surface area (Å²) in [5.74, 6) is 0.329. The van der Waals surface area contributed by atoms with Crippen molar-refractivity contribution in [3.8, 4) is 5.75 Å². The first-order chi connectivity index (χ1) is 11.5. The molecule has 1 N–H and O–H groups in total. The Kier molecular flexibility index (Phi) is 9.46. The number of esters is 1. The highest BCUT2D eigenvalue weighted by Gasteiger charge is 2.31. The van der Waals surface area contributed by atoms with Crippen molar-refractivity contribution in [2.75, 3.05) is 13.2 Å². The van der Waals surface area contributed by atoms with E-state index in [0.29, 0.717) is 12.4 Å². The third-order valence-electron chi connectivity index (χ3n) is 3.85. The molecule has 0 atom stereocenters. The molecule has 0 bridgehead atoms. The molecule has 1 aromatic carbocycles. The van der Waals surface area contributed by atoms with Crippen molar-refractivity contribution >= 4 is 5.97 Å². The second-order valence-corrected chi connectivity index (χ2v) is 6.57. The summed E-state index contributed by atoms with van der Waals surface area (Å²) in [5.41, 5.74) is 0.235. The van der Waals surface area contributed by atoms with Crippen LogP contribution in [0.15, 0.2) is 24.3 Å².